The number of fused-ring (bicyclic) bond motifs is 2. The minimum atomic E-state index is -1.59. The first-order valence-electron chi connectivity index (χ1n) is 19.8. The minimum absolute atomic E-state index is 0.00322. The molecule has 2 fully saturated rings. The second-order valence-electron chi connectivity index (χ2n) is 15.1. The molecule has 21 nitrogen and oxygen atoms in total. The van der Waals surface area contributed by atoms with Crippen LogP contribution in [-0.2, 0) is 35.2 Å². The number of hydrogen-bond donors (Lipinski definition) is 12. The van der Waals surface area contributed by atoms with E-state index in [0.717, 1.165) is 15.8 Å². The van der Waals surface area contributed by atoms with Gasteiger partial charge in [-0.25, -0.2) is 0 Å². The molecule has 3 heterocycles. The lowest BCUT2D eigenvalue weighted by Crippen LogP contribution is -2.63. The number of aliphatic hydroxyl groups excluding tert-OH is 2. The molecule has 0 radical (unpaired) electrons. The number of aliphatic hydroxyl groups is 2. The maximum atomic E-state index is 14.6. The van der Waals surface area contributed by atoms with Crippen molar-refractivity contribution in [2.45, 2.75) is 114 Å². The Balaban J connectivity index is 1.81. The lowest BCUT2D eigenvalue weighted by molar-refractivity contribution is -0.143. The van der Waals surface area contributed by atoms with Gasteiger partial charge in [0.05, 0.1) is 12.2 Å². The number of aromatic nitrogens is 1. The van der Waals surface area contributed by atoms with Crippen LogP contribution in [0.3, 0.4) is 0 Å². The molecule has 9 atom stereocenters. The first-order valence-corrected chi connectivity index (χ1v) is 19.8. The van der Waals surface area contributed by atoms with Crippen molar-refractivity contribution in [1.29, 1.82) is 0 Å². The Morgan fingerprint density at radius 3 is 1.90 bits per heavy atom. The monoisotopic (exact) mass is 825 g/mol. The van der Waals surface area contributed by atoms with Crippen molar-refractivity contribution in [3.05, 3.63) is 36.0 Å². The molecule has 1 aromatic heterocycles. The molecule has 2 aliphatic heterocycles. The highest BCUT2D eigenvalue weighted by Crippen LogP contribution is 2.24. The highest BCUT2D eigenvalue weighted by atomic mass is 16.3. The molecule has 4 rings (SSSR count). The number of benzene rings is 1. The standard InChI is InChI=1S/C38H59N13O8/c1-4-19(2)29-34(57)47-26(12-8-14-44-38(41)42)31(54)46-25(11-7-13-43-37(39)40)32(55)48-27(15-21-17-45-24-10-6-5-9-23(21)24)36(59)51-18-22(53)16-28(51)33(56)50-30(20(3)52)35(58)49-29/h5-6,9-10,17,19-20,22,25-30,45,52-53H,4,7-8,11-16,18H2,1-3H3,(H,46,54)(H,47,57)(H,48,55)(H,49,58)(H,50,56)(H4,39,40,43)(H4,41,42,44)/t19-,20+,22+,25-,26+,27-,28+,29-,30-/m0/s1. The summed E-state index contributed by atoms with van der Waals surface area (Å²) >= 11 is 0. The van der Waals surface area contributed by atoms with Gasteiger partial charge >= 0.3 is 0 Å². The molecule has 324 valence electrons. The maximum absolute atomic E-state index is 14.6. The molecule has 2 aliphatic rings. The summed E-state index contributed by atoms with van der Waals surface area (Å²) in [5.74, 6) is -5.56. The van der Waals surface area contributed by atoms with Gasteiger partial charge < -0.3 is 69.6 Å². The molecule has 2 saturated heterocycles. The number of aromatic amines is 1. The number of carbonyl (C=O) groups is 6. The van der Waals surface area contributed by atoms with Crippen LogP contribution in [0.5, 0.6) is 0 Å². The van der Waals surface area contributed by atoms with E-state index >= 15 is 0 Å². The van der Waals surface area contributed by atoms with Crippen molar-refractivity contribution >= 4 is 58.3 Å². The summed E-state index contributed by atoms with van der Waals surface area (Å²) in [6.45, 7) is 4.70. The summed E-state index contributed by atoms with van der Waals surface area (Å²) in [5.41, 5.74) is 23.4. The Morgan fingerprint density at radius 2 is 1.32 bits per heavy atom. The van der Waals surface area contributed by atoms with E-state index in [4.69, 9.17) is 22.9 Å². The third-order valence-corrected chi connectivity index (χ3v) is 10.6. The fourth-order valence-corrected chi connectivity index (χ4v) is 7.18. The van der Waals surface area contributed by atoms with E-state index < -0.39 is 89.8 Å². The van der Waals surface area contributed by atoms with E-state index in [1.54, 1.807) is 20.0 Å². The maximum Gasteiger partial charge on any atom is 0.246 e. The van der Waals surface area contributed by atoms with Crippen molar-refractivity contribution < 1.29 is 39.0 Å². The van der Waals surface area contributed by atoms with Crippen molar-refractivity contribution in [3.8, 4) is 0 Å². The summed E-state index contributed by atoms with van der Waals surface area (Å²) in [7, 11) is 0. The number of hydrogen-bond acceptors (Lipinski definition) is 10. The largest absolute Gasteiger partial charge is 0.391 e. The molecule has 0 bridgehead atoms. The third kappa shape index (κ3) is 12.5. The van der Waals surface area contributed by atoms with Gasteiger partial charge in [0.15, 0.2) is 11.9 Å². The number of aliphatic imine (C=N–C) groups is 2. The third-order valence-electron chi connectivity index (χ3n) is 10.6. The quantitative estimate of drug-likeness (QED) is 0.0536. The second kappa shape index (κ2) is 21.2. The van der Waals surface area contributed by atoms with Gasteiger partial charge in [-0.05, 0) is 50.2 Å². The number of nitrogens with zero attached hydrogens (tertiary/aromatic N) is 3. The van der Waals surface area contributed by atoms with Gasteiger partial charge in [-0.3, -0.25) is 38.8 Å². The van der Waals surface area contributed by atoms with Gasteiger partial charge in [-0.15, -0.1) is 0 Å². The predicted octanol–water partition coefficient (Wildman–Crippen LogP) is -3.36. The Kier molecular flexibility index (Phi) is 16.4. The highest BCUT2D eigenvalue weighted by Gasteiger charge is 2.44. The number of nitrogens with one attached hydrogen (secondary N) is 6. The lowest BCUT2D eigenvalue weighted by Gasteiger charge is -2.32. The second-order valence-corrected chi connectivity index (χ2v) is 15.1. The Hall–Kier alpha value is -5.96. The summed E-state index contributed by atoms with van der Waals surface area (Å²) < 4.78 is 0. The number of nitrogens with two attached hydrogens (primary N) is 4. The number of carbonyl (C=O) groups excluding carboxylic acids is 6. The molecule has 16 N–H and O–H groups in total. The van der Waals surface area contributed by atoms with Crippen molar-refractivity contribution in [2.75, 3.05) is 19.6 Å². The van der Waals surface area contributed by atoms with E-state index in [0.29, 0.717) is 12.0 Å². The topological polar surface area (TPSA) is 351 Å². The molecule has 6 amide bonds. The van der Waals surface area contributed by atoms with Gasteiger partial charge in [-0.1, -0.05) is 38.5 Å². The van der Waals surface area contributed by atoms with Gasteiger partial charge in [0.2, 0.25) is 35.4 Å². The van der Waals surface area contributed by atoms with E-state index in [9.17, 15) is 39.0 Å². The molecule has 0 spiro atoms. The van der Waals surface area contributed by atoms with Crippen LogP contribution in [0.1, 0.15) is 64.9 Å². The Labute approximate surface area is 341 Å². The summed E-state index contributed by atoms with van der Waals surface area (Å²) in [6, 6.07) is -0.699. The molecule has 0 unspecified atom stereocenters. The zero-order valence-electron chi connectivity index (χ0n) is 33.6. The first-order chi connectivity index (χ1) is 28.0. The van der Waals surface area contributed by atoms with E-state index in [1.807, 2.05) is 24.3 Å². The van der Waals surface area contributed by atoms with Crippen LogP contribution < -0.4 is 49.5 Å². The molecule has 0 aliphatic carbocycles. The van der Waals surface area contributed by atoms with Gasteiger partial charge in [0.25, 0.3) is 0 Å². The average Bonchev–Trinajstić information content (AvgIpc) is 3.79. The Morgan fingerprint density at radius 1 is 0.780 bits per heavy atom. The van der Waals surface area contributed by atoms with Crippen molar-refractivity contribution in [2.24, 2.45) is 38.8 Å². The number of amides is 6. The summed E-state index contributed by atoms with van der Waals surface area (Å²) in [5, 5.41) is 35.7. The van der Waals surface area contributed by atoms with Crippen molar-refractivity contribution in [1.82, 2.24) is 36.5 Å². The van der Waals surface area contributed by atoms with Crippen molar-refractivity contribution in [3.63, 3.8) is 0 Å². The molecule has 59 heavy (non-hydrogen) atoms. The van der Waals surface area contributed by atoms with Crippen LogP contribution in [0.4, 0.5) is 0 Å². The fraction of sp³-hybridized carbons (Fsp3) is 0.579. The number of guanidine groups is 2. The van der Waals surface area contributed by atoms with Crippen LogP contribution in [0, 0.1) is 5.92 Å². The smallest absolute Gasteiger partial charge is 0.246 e. The van der Waals surface area contributed by atoms with Crippen LogP contribution >= 0.6 is 0 Å². The predicted molar refractivity (Wildman–Crippen MR) is 219 cm³/mol. The molecule has 2 aromatic rings. The van der Waals surface area contributed by atoms with E-state index in [1.165, 1.54) is 6.92 Å². The molecular weight excluding hydrogens is 767 g/mol. The normalized spacial score (nSPS) is 25.9. The molecule has 21 heteroatoms. The van der Waals surface area contributed by atoms with Crippen LogP contribution in [0.25, 0.3) is 10.9 Å². The summed E-state index contributed by atoms with van der Waals surface area (Å²) in [4.78, 5) is 97.1. The highest BCUT2D eigenvalue weighted by molar-refractivity contribution is 5.99. The molecule has 0 saturated carbocycles. The Bertz CT molecular complexity index is 1880. The van der Waals surface area contributed by atoms with Gasteiger partial charge in [-0.2, -0.15) is 0 Å². The van der Waals surface area contributed by atoms with E-state index in [2.05, 4.69) is 41.6 Å². The van der Waals surface area contributed by atoms with Crippen LogP contribution in [-0.4, -0.2) is 136 Å². The number of rotatable bonds is 13. The summed E-state index contributed by atoms with van der Waals surface area (Å²) in [6.07, 6.45) is -0.341. The van der Waals surface area contributed by atoms with Crippen LogP contribution in [0.15, 0.2) is 40.4 Å². The number of H-pyrrole nitrogens is 1. The minimum Gasteiger partial charge on any atom is -0.391 e. The SMILES string of the molecule is CC[C@H](C)[C@@H]1NC(=O)[C@H]([C@@H](C)O)NC(=O)[C@H]2C[C@@H](O)CN2C(=O)[C@H](Cc2c[nH]c3ccccc23)NC(=O)[C@H](CCCN=C(N)N)NC(=O)[C@@H](CCCN=C(N)N)NC1=O. The molecular formula is C38H59N13O8. The van der Waals surface area contributed by atoms with Crippen LogP contribution in [0.2, 0.25) is 0 Å². The average molecular weight is 826 g/mol. The zero-order chi connectivity index (χ0) is 43.4. The zero-order valence-corrected chi connectivity index (χ0v) is 33.6. The first kappa shape index (κ1) is 45.7. The van der Waals surface area contributed by atoms with Gasteiger partial charge in [0.1, 0.15) is 36.3 Å². The molecule has 1 aromatic carbocycles. The van der Waals surface area contributed by atoms with E-state index in [-0.39, 0.29) is 70.1 Å². The fourth-order valence-electron chi connectivity index (χ4n) is 7.18. The van der Waals surface area contributed by atoms with Gasteiger partial charge in [0, 0.05) is 49.6 Å². The number of para-hydroxylation sites is 1. The lowest BCUT2D eigenvalue weighted by atomic mass is 9.96.